The van der Waals surface area contributed by atoms with E-state index in [4.69, 9.17) is 53.0 Å². The Morgan fingerprint density at radius 1 is 0.667 bits per heavy atom. The van der Waals surface area contributed by atoms with E-state index in [9.17, 15) is 24.4 Å². The number of benzene rings is 4. The molecule has 4 saturated heterocycles. The van der Waals surface area contributed by atoms with E-state index in [0.29, 0.717) is 24.3 Å². The average Bonchev–Trinajstić information content (AvgIpc) is 3.86. The maximum Gasteiger partial charge on any atom is 0.332 e. The van der Waals surface area contributed by atoms with Crippen molar-refractivity contribution in [1.82, 2.24) is 19.6 Å². The van der Waals surface area contributed by atoms with Crippen molar-refractivity contribution in [3.05, 3.63) is 133 Å². The summed E-state index contributed by atoms with van der Waals surface area (Å²) in [7, 11) is 3.21. The Hall–Kier alpha value is -5.18. The summed E-state index contributed by atoms with van der Waals surface area (Å²) in [6.45, 7) is 8.68. The largest absolute Gasteiger partial charge is 0.332 e. The van der Waals surface area contributed by atoms with Gasteiger partial charge in [0.1, 0.15) is 11.1 Å². The Bertz CT molecular complexity index is 2240. The summed E-state index contributed by atoms with van der Waals surface area (Å²) in [5, 5.41) is 10.6. The van der Waals surface area contributed by atoms with E-state index in [1.165, 1.54) is 46.2 Å². The van der Waals surface area contributed by atoms with Gasteiger partial charge < -0.3 is 9.80 Å². The molecule has 0 N–H and O–H groups in total. The van der Waals surface area contributed by atoms with Crippen molar-refractivity contribution in [1.29, 1.82) is 5.26 Å². The number of nitriles is 1. The zero-order valence-electron chi connectivity index (χ0n) is 30.5. The summed E-state index contributed by atoms with van der Waals surface area (Å²) in [5.74, 6) is -1.95. The number of hydrogen-bond donors (Lipinski definition) is 0. The number of imide groups is 2. The van der Waals surface area contributed by atoms with Gasteiger partial charge in [0, 0.05) is 72.2 Å². The molecule has 4 aliphatic rings. The van der Waals surface area contributed by atoms with E-state index in [2.05, 4.69) is 20.7 Å². The molecule has 4 aromatic rings. The summed E-state index contributed by atoms with van der Waals surface area (Å²) in [4.78, 5) is 70.7. The van der Waals surface area contributed by atoms with Crippen LogP contribution in [0.5, 0.6) is 0 Å². The number of halogens is 4. The number of hydrogen-bond acceptors (Lipinski definition) is 7. The van der Waals surface area contributed by atoms with Crippen LogP contribution in [0.4, 0.5) is 26.7 Å². The fourth-order valence-corrected chi connectivity index (χ4v) is 10.1. The quantitative estimate of drug-likeness (QED) is 0.144. The molecule has 0 radical (unpaired) electrons. The molecule has 4 heterocycles. The van der Waals surface area contributed by atoms with Crippen LogP contribution in [0.2, 0.25) is 20.1 Å². The summed E-state index contributed by atoms with van der Waals surface area (Å²) < 4.78 is 0. The highest BCUT2D eigenvalue weighted by atomic mass is 35.5. The van der Waals surface area contributed by atoms with Crippen molar-refractivity contribution < 1.29 is 19.2 Å². The molecule has 288 valence electrons. The molecule has 6 amide bonds. The molecule has 0 bridgehead atoms. The van der Waals surface area contributed by atoms with Crippen molar-refractivity contribution in [3.8, 4) is 6.07 Å². The molecule has 4 aromatic carbocycles. The van der Waals surface area contributed by atoms with Gasteiger partial charge in [0.25, 0.3) is 11.8 Å². The van der Waals surface area contributed by atoms with Gasteiger partial charge in [0.05, 0.1) is 36.2 Å². The van der Waals surface area contributed by atoms with Crippen LogP contribution in [0.3, 0.4) is 0 Å². The van der Waals surface area contributed by atoms with Gasteiger partial charge >= 0.3 is 12.1 Å². The Labute approximate surface area is 348 Å². The molecule has 8 rings (SSSR count). The molecule has 0 saturated carbocycles. The highest BCUT2D eigenvalue weighted by molar-refractivity contribution is 6.36. The van der Waals surface area contributed by atoms with Gasteiger partial charge in [-0.1, -0.05) is 82.8 Å². The average molecular weight is 843 g/mol. The molecule has 57 heavy (non-hydrogen) atoms. The van der Waals surface area contributed by atoms with Gasteiger partial charge in [0.2, 0.25) is 0 Å². The van der Waals surface area contributed by atoms with Crippen LogP contribution in [-0.4, -0.2) is 101 Å². The molecule has 1 unspecified atom stereocenters. The second kappa shape index (κ2) is 14.3. The monoisotopic (exact) mass is 840 g/mol. The number of anilines is 2. The van der Waals surface area contributed by atoms with Crippen molar-refractivity contribution in [3.63, 3.8) is 0 Å². The molecule has 2 spiro atoms. The zero-order valence-corrected chi connectivity index (χ0v) is 33.5. The highest BCUT2D eigenvalue weighted by Crippen LogP contribution is 2.50. The summed E-state index contributed by atoms with van der Waals surface area (Å²) in [6.07, 6.45) is 0. The maximum atomic E-state index is 14.8. The van der Waals surface area contributed by atoms with Crippen molar-refractivity contribution in [2.24, 2.45) is 0 Å². The molecular formula is C41H32Cl4N8O4. The Morgan fingerprint density at radius 3 is 1.42 bits per heavy atom. The minimum atomic E-state index is -1.37. The first-order valence-corrected chi connectivity index (χ1v) is 19.3. The lowest BCUT2D eigenvalue weighted by Gasteiger charge is -2.34. The first-order chi connectivity index (χ1) is 27.2. The molecule has 16 heteroatoms. The number of urea groups is 2. The lowest BCUT2D eigenvalue weighted by atomic mass is 9.80. The first kappa shape index (κ1) is 38.7. The van der Waals surface area contributed by atoms with Crippen LogP contribution in [0, 0.1) is 17.9 Å². The lowest BCUT2D eigenvalue weighted by Crippen LogP contribution is -2.55. The van der Waals surface area contributed by atoms with Gasteiger partial charge in [-0.25, -0.2) is 24.2 Å². The fourth-order valence-electron chi connectivity index (χ4n) is 9.08. The number of amides is 6. The van der Waals surface area contributed by atoms with E-state index >= 15 is 0 Å². The fraction of sp³-hybridized carbons (Fsp3) is 0.268. The van der Waals surface area contributed by atoms with E-state index in [1.807, 2.05) is 12.1 Å². The van der Waals surface area contributed by atoms with Gasteiger partial charge in [0.15, 0.2) is 5.69 Å². The molecule has 4 fully saturated rings. The van der Waals surface area contributed by atoms with Crippen molar-refractivity contribution in [2.45, 2.75) is 22.9 Å². The van der Waals surface area contributed by atoms with Crippen molar-refractivity contribution >= 4 is 87.3 Å². The Kier molecular flexibility index (Phi) is 9.73. The van der Waals surface area contributed by atoms with E-state index in [0.717, 1.165) is 20.9 Å². The van der Waals surface area contributed by atoms with Crippen LogP contribution in [0.15, 0.2) is 84.9 Å². The molecule has 4 atom stereocenters. The van der Waals surface area contributed by atoms with Crippen LogP contribution in [0.25, 0.3) is 4.85 Å². The molecule has 0 aromatic heterocycles. The number of carbonyl (C=O) groups excluding carboxylic acids is 4. The van der Waals surface area contributed by atoms with Gasteiger partial charge in [-0.2, -0.15) is 5.26 Å². The standard InChI is InChI=1S/C41H32Cl4N8O4/c1-47-31-10-8-26(9-11-31)35-20-51(22-41(35)37(55)53(39(57)49(41)3)33-16-29(44)13-30(45)17-33)23-50-19-34(25-6-4-24(18-46)5-7-25)40(21-50)36(54)52(38(56)48(40)2)32-14-27(42)12-28(43)15-32/h4-17,34-35H,19-23H2,2-3H3/t34?,35-,40+,41+/m0/s1. The minimum absolute atomic E-state index is 0.132. The smallest absolute Gasteiger partial charge is 0.310 e. The second-order valence-electron chi connectivity index (χ2n) is 14.8. The summed E-state index contributed by atoms with van der Waals surface area (Å²) in [6, 6.07) is 24.2. The molecule has 12 nitrogen and oxygen atoms in total. The summed E-state index contributed by atoms with van der Waals surface area (Å²) >= 11 is 25.3. The molecule has 0 aliphatic carbocycles. The van der Waals surface area contributed by atoms with E-state index in [1.54, 1.807) is 50.5 Å². The highest BCUT2D eigenvalue weighted by Gasteiger charge is 2.67. The van der Waals surface area contributed by atoms with E-state index in [-0.39, 0.29) is 51.2 Å². The third-order valence-electron chi connectivity index (χ3n) is 11.7. The van der Waals surface area contributed by atoms with E-state index < -0.39 is 46.8 Å². The van der Waals surface area contributed by atoms with Crippen LogP contribution < -0.4 is 9.80 Å². The van der Waals surface area contributed by atoms with Gasteiger partial charge in [-0.3, -0.25) is 19.4 Å². The molecular weight excluding hydrogens is 810 g/mol. The number of carbonyl (C=O) groups is 4. The minimum Gasteiger partial charge on any atom is -0.310 e. The zero-order chi connectivity index (χ0) is 40.6. The third-order valence-corrected chi connectivity index (χ3v) is 12.6. The van der Waals surface area contributed by atoms with Crippen molar-refractivity contribution in [2.75, 3.05) is 56.7 Å². The predicted molar refractivity (Wildman–Crippen MR) is 217 cm³/mol. The second-order valence-corrected chi connectivity index (χ2v) is 16.5. The third kappa shape index (κ3) is 6.11. The Balaban J connectivity index is 1.17. The number of likely N-dealkylation sites (tertiary alicyclic amines) is 2. The van der Waals surface area contributed by atoms with Crippen LogP contribution in [0.1, 0.15) is 28.5 Å². The number of nitrogens with zero attached hydrogens (tertiary/aromatic N) is 8. The lowest BCUT2D eigenvalue weighted by molar-refractivity contribution is -0.125. The first-order valence-electron chi connectivity index (χ1n) is 17.8. The normalized spacial score (nSPS) is 25.1. The molecule has 4 aliphatic heterocycles. The van der Waals surface area contributed by atoms with Crippen LogP contribution in [-0.2, 0) is 9.59 Å². The topological polar surface area (TPSA) is 116 Å². The predicted octanol–water partition coefficient (Wildman–Crippen LogP) is 7.85. The summed E-state index contributed by atoms with van der Waals surface area (Å²) in [5.41, 5.74) is 0.171. The Morgan fingerprint density at radius 2 is 1.05 bits per heavy atom. The number of likely N-dealkylation sites (N-methyl/N-ethyl adjacent to an activating group) is 2. The SMILES string of the molecule is [C-]#[N+]c1ccc([C@@H]2CN(CN3CC(c4ccc(C#N)cc4)[C@]4(C3)C(=O)N(c3cc(Cl)cc(Cl)c3)C(=O)N4C)C[C@]23C(=O)N(c2cc(Cl)cc(Cl)c2)C(=O)N3C)cc1. The number of rotatable bonds is 6. The van der Waals surface area contributed by atoms with Gasteiger partial charge in [-0.15, -0.1) is 0 Å². The maximum absolute atomic E-state index is 14.8. The van der Waals surface area contributed by atoms with Crippen LogP contribution >= 0.6 is 46.4 Å². The van der Waals surface area contributed by atoms with Gasteiger partial charge in [-0.05, 0) is 59.7 Å².